The highest BCUT2D eigenvalue weighted by molar-refractivity contribution is 8.00. The van der Waals surface area contributed by atoms with Gasteiger partial charge in [0.1, 0.15) is 5.25 Å². The number of nitrogens with zero attached hydrogens (tertiary/aromatic N) is 2. The lowest BCUT2D eigenvalue weighted by molar-refractivity contribution is -0.137. The first-order valence-corrected chi connectivity index (χ1v) is 10.5. The molecule has 0 radical (unpaired) electrons. The minimum atomic E-state index is -4.65. The number of benzene rings is 2. The van der Waals surface area contributed by atoms with Crippen LogP contribution in [0.3, 0.4) is 0 Å². The van der Waals surface area contributed by atoms with Crippen molar-refractivity contribution in [2.75, 3.05) is 5.32 Å². The van der Waals surface area contributed by atoms with Crippen LogP contribution in [0.1, 0.15) is 35.3 Å². The molecule has 1 amide bonds. The lowest BCUT2D eigenvalue weighted by Gasteiger charge is -2.19. The quantitative estimate of drug-likeness (QED) is 0.443. The molecule has 0 spiro atoms. The van der Waals surface area contributed by atoms with Gasteiger partial charge in [-0.3, -0.25) is 4.79 Å². The molecular formula is C21H17ClF3N3OS. The van der Waals surface area contributed by atoms with Gasteiger partial charge in [-0.05, 0) is 36.6 Å². The molecule has 3 aromatic rings. The largest absolute Gasteiger partial charge is 0.418 e. The number of halogens is 4. The van der Waals surface area contributed by atoms with Crippen molar-refractivity contribution in [3.05, 3.63) is 77.1 Å². The molecule has 0 bridgehead atoms. The molecule has 1 aliphatic rings. The molecule has 1 atom stereocenters. The maximum absolute atomic E-state index is 13.4. The summed E-state index contributed by atoms with van der Waals surface area (Å²) in [6, 6.07) is 12.6. The molecule has 156 valence electrons. The number of carbonyl (C=O) groups excluding carboxylic acids is 1. The number of amides is 1. The molecule has 0 aliphatic heterocycles. The first-order chi connectivity index (χ1) is 14.3. The third-order valence-electron chi connectivity index (χ3n) is 4.68. The number of rotatable bonds is 6. The Hall–Kier alpha value is -2.45. The van der Waals surface area contributed by atoms with E-state index < -0.39 is 22.9 Å². The van der Waals surface area contributed by atoms with Crippen molar-refractivity contribution in [2.45, 2.75) is 35.5 Å². The van der Waals surface area contributed by atoms with Gasteiger partial charge >= 0.3 is 6.18 Å². The molecule has 1 fully saturated rings. The van der Waals surface area contributed by atoms with Gasteiger partial charge in [0.05, 0.1) is 11.3 Å². The lowest BCUT2D eigenvalue weighted by Crippen LogP contribution is -2.22. The van der Waals surface area contributed by atoms with Crippen molar-refractivity contribution >= 4 is 35.0 Å². The molecule has 0 saturated heterocycles. The van der Waals surface area contributed by atoms with Crippen LogP contribution in [-0.4, -0.2) is 15.5 Å². The molecule has 1 N–H and O–H groups in total. The predicted octanol–water partition coefficient (Wildman–Crippen LogP) is 6.36. The third kappa shape index (κ3) is 4.65. The van der Waals surface area contributed by atoms with E-state index in [1.807, 2.05) is 16.8 Å². The standard InChI is InChI=1S/C21H17ClF3N3OS/c22-14-6-9-17(16(12-14)21(23,24)25)27-19(29)18(13-4-2-1-3-5-13)30-20-26-10-11-28(20)15-7-8-15/h1-6,9-12,15,18H,7-8H2,(H,27,29)/t18-/m1/s1. The van der Waals surface area contributed by atoms with E-state index in [1.165, 1.54) is 23.9 Å². The van der Waals surface area contributed by atoms with Crippen LogP contribution in [0.5, 0.6) is 0 Å². The molecule has 1 heterocycles. The fraction of sp³-hybridized carbons (Fsp3) is 0.238. The van der Waals surface area contributed by atoms with Crippen molar-refractivity contribution in [1.82, 2.24) is 9.55 Å². The highest BCUT2D eigenvalue weighted by atomic mass is 35.5. The second-order valence-electron chi connectivity index (χ2n) is 6.93. The summed E-state index contributed by atoms with van der Waals surface area (Å²) in [6.07, 6.45) is 0.977. The number of hydrogen-bond donors (Lipinski definition) is 1. The summed E-state index contributed by atoms with van der Waals surface area (Å²) in [6.45, 7) is 0. The van der Waals surface area contributed by atoms with Crippen LogP contribution >= 0.6 is 23.4 Å². The van der Waals surface area contributed by atoms with Crippen LogP contribution < -0.4 is 5.32 Å². The summed E-state index contributed by atoms with van der Waals surface area (Å²) in [4.78, 5) is 17.5. The van der Waals surface area contributed by atoms with Crippen LogP contribution in [0.15, 0.2) is 66.1 Å². The monoisotopic (exact) mass is 451 g/mol. The summed E-state index contributed by atoms with van der Waals surface area (Å²) in [7, 11) is 0. The van der Waals surface area contributed by atoms with Crippen LogP contribution in [0.25, 0.3) is 0 Å². The van der Waals surface area contributed by atoms with E-state index in [2.05, 4.69) is 10.3 Å². The molecule has 4 rings (SSSR count). The number of alkyl halides is 3. The topological polar surface area (TPSA) is 46.9 Å². The summed E-state index contributed by atoms with van der Waals surface area (Å²) in [5.74, 6) is -0.565. The van der Waals surface area contributed by atoms with E-state index in [-0.39, 0.29) is 10.7 Å². The number of anilines is 1. The van der Waals surface area contributed by atoms with Gasteiger partial charge in [0, 0.05) is 23.5 Å². The van der Waals surface area contributed by atoms with E-state index in [0.717, 1.165) is 18.9 Å². The first kappa shape index (κ1) is 20.8. The second-order valence-corrected chi connectivity index (χ2v) is 8.44. The fourth-order valence-electron chi connectivity index (χ4n) is 3.09. The first-order valence-electron chi connectivity index (χ1n) is 9.25. The van der Waals surface area contributed by atoms with E-state index in [4.69, 9.17) is 11.6 Å². The average molecular weight is 452 g/mol. The van der Waals surface area contributed by atoms with Gasteiger partial charge in [-0.2, -0.15) is 13.2 Å². The highest BCUT2D eigenvalue weighted by Crippen LogP contribution is 2.42. The highest BCUT2D eigenvalue weighted by Gasteiger charge is 2.35. The second kappa shape index (κ2) is 8.35. The molecule has 2 aromatic carbocycles. The lowest BCUT2D eigenvalue weighted by atomic mass is 10.1. The number of imidazole rings is 1. The van der Waals surface area contributed by atoms with Gasteiger partial charge in [0.15, 0.2) is 5.16 Å². The van der Waals surface area contributed by atoms with Gasteiger partial charge in [0.2, 0.25) is 5.91 Å². The molecule has 9 heteroatoms. The van der Waals surface area contributed by atoms with Crippen LogP contribution in [0.2, 0.25) is 5.02 Å². The zero-order chi connectivity index (χ0) is 21.3. The van der Waals surface area contributed by atoms with E-state index >= 15 is 0 Å². The Morgan fingerprint density at radius 3 is 2.60 bits per heavy atom. The van der Waals surface area contributed by atoms with Crippen molar-refractivity contribution in [3.8, 4) is 0 Å². The molecule has 4 nitrogen and oxygen atoms in total. The summed E-state index contributed by atoms with van der Waals surface area (Å²) in [5, 5.41) is 2.28. The molecule has 0 unspecified atom stereocenters. The van der Waals surface area contributed by atoms with Crippen molar-refractivity contribution in [2.24, 2.45) is 0 Å². The Bertz CT molecular complexity index is 1050. The Balaban J connectivity index is 1.65. The van der Waals surface area contributed by atoms with E-state index in [9.17, 15) is 18.0 Å². The summed E-state index contributed by atoms with van der Waals surface area (Å²) >= 11 is 6.96. The predicted molar refractivity (Wildman–Crippen MR) is 111 cm³/mol. The molecule has 1 saturated carbocycles. The maximum Gasteiger partial charge on any atom is 0.418 e. The molecule has 1 aromatic heterocycles. The summed E-state index contributed by atoms with van der Waals surface area (Å²) < 4.78 is 42.3. The molecular weight excluding hydrogens is 435 g/mol. The summed E-state index contributed by atoms with van der Waals surface area (Å²) in [5.41, 5.74) is -0.642. The van der Waals surface area contributed by atoms with E-state index in [0.29, 0.717) is 16.8 Å². The van der Waals surface area contributed by atoms with Gasteiger partial charge in [-0.15, -0.1) is 0 Å². The Kier molecular flexibility index (Phi) is 5.79. The van der Waals surface area contributed by atoms with E-state index in [1.54, 1.807) is 30.5 Å². The van der Waals surface area contributed by atoms with Crippen molar-refractivity contribution in [1.29, 1.82) is 0 Å². The van der Waals surface area contributed by atoms with Crippen LogP contribution in [0, 0.1) is 0 Å². The van der Waals surface area contributed by atoms with Gasteiger partial charge in [-0.1, -0.05) is 53.7 Å². The SMILES string of the molecule is O=C(Nc1ccc(Cl)cc1C(F)(F)F)[C@H](Sc1nccn1C1CC1)c1ccccc1. The number of aromatic nitrogens is 2. The number of nitrogens with one attached hydrogen (secondary N) is 1. The van der Waals surface area contributed by atoms with Gasteiger partial charge in [-0.25, -0.2) is 4.98 Å². The number of thioether (sulfide) groups is 1. The number of carbonyl (C=O) groups is 1. The van der Waals surface area contributed by atoms with Crippen LogP contribution in [-0.2, 0) is 11.0 Å². The fourth-order valence-corrected chi connectivity index (χ4v) is 4.38. The average Bonchev–Trinajstić information content (AvgIpc) is 3.45. The minimum absolute atomic E-state index is 0.0548. The Morgan fingerprint density at radius 1 is 1.20 bits per heavy atom. The maximum atomic E-state index is 13.4. The zero-order valence-corrected chi connectivity index (χ0v) is 17.1. The Labute approximate surface area is 180 Å². The third-order valence-corrected chi connectivity index (χ3v) is 6.17. The van der Waals surface area contributed by atoms with Gasteiger partial charge in [0.25, 0.3) is 0 Å². The zero-order valence-electron chi connectivity index (χ0n) is 15.6. The van der Waals surface area contributed by atoms with Crippen LogP contribution in [0.4, 0.5) is 18.9 Å². The smallest absolute Gasteiger partial charge is 0.324 e. The van der Waals surface area contributed by atoms with Crippen molar-refractivity contribution in [3.63, 3.8) is 0 Å². The Morgan fingerprint density at radius 2 is 1.93 bits per heavy atom. The minimum Gasteiger partial charge on any atom is -0.324 e. The van der Waals surface area contributed by atoms with Crippen molar-refractivity contribution < 1.29 is 18.0 Å². The number of hydrogen-bond acceptors (Lipinski definition) is 3. The normalized spacial score (nSPS) is 15.1. The molecule has 30 heavy (non-hydrogen) atoms. The van der Waals surface area contributed by atoms with Gasteiger partial charge < -0.3 is 9.88 Å². The molecule has 1 aliphatic carbocycles.